The molecule has 11 aromatic rings. The average molecular weight is 745 g/mol. The van der Waals surface area contributed by atoms with Gasteiger partial charge in [0.2, 0.25) is 0 Å². The first kappa shape index (κ1) is 33.2. The van der Waals surface area contributed by atoms with Crippen LogP contribution in [0.25, 0.3) is 81.0 Å². The van der Waals surface area contributed by atoms with E-state index in [-0.39, 0.29) is 0 Å². The Balaban J connectivity index is 1.03. The monoisotopic (exact) mass is 744 g/mol. The first-order valence-electron chi connectivity index (χ1n) is 19.4. The number of para-hydroxylation sites is 3. The molecule has 0 saturated heterocycles. The maximum atomic E-state index is 2.47. The molecule has 0 fully saturated rings. The molecule has 0 radical (unpaired) electrons. The summed E-state index contributed by atoms with van der Waals surface area (Å²) in [5.41, 5.74) is 14.2. The van der Waals surface area contributed by atoms with Crippen molar-refractivity contribution in [3.8, 4) is 39.1 Å². The van der Waals surface area contributed by atoms with Gasteiger partial charge < -0.3 is 9.47 Å². The van der Waals surface area contributed by atoms with Gasteiger partial charge in [0.25, 0.3) is 0 Å². The number of anilines is 3. The molecule has 0 aliphatic rings. The lowest BCUT2D eigenvalue weighted by molar-refractivity contribution is 1.20. The van der Waals surface area contributed by atoms with Gasteiger partial charge in [-0.3, -0.25) is 0 Å². The highest BCUT2D eigenvalue weighted by atomic mass is 32.1. The third-order valence-electron chi connectivity index (χ3n) is 11.2. The van der Waals surface area contributed by atoms with Crippen molar-refractivity contribution >= 4 is 70.4 Å². The van der Waals surface area contributed by atoms with Crippen LogP contribution in [0.3, 0.4) is 0 Å². The number of nitrogens with zero attached hydrogens (tertiary/aromatic N) is 2. The molecule has 57 heavy (non-hydrogen) atoms. The standard InChI is InChI=1S/C54H36N2S/c1-3-14-37(15-4-1)38-26-28-39(29-27-38)40-30-33-43(34-31-40)55(42-16-5-2-6-17-42)48-21-10-7-18-44(48)41-32-35-50-47(36-41)45-19-8-11-22-49(45)56(50)51-23-13-25-53-54(51)46-20-9-12-24-52(46)57-53/h1-36H. The van der Waals surface area contributed by atoms with E-state index in [4.69, 9.17) is 0 Å². The van der Waals surface area contributed by atoms with Crippen molar-refractivity contribution in [3.63, 3.8) is 0 Å². The Morgan fingerprint density at radius 1 is 0.351 bits per heavy atom. The molecule has 2 aromatic heterocycles. The predicted octanol–water partition coefficient (Wildman–Crippen LogP) is 15.6. The first-order chi connectivity index (χ1) is 28.3. The molecular weight excluding hydrogens is 709 g/mol. The highest BCUT2D eigenvalue weighted by Gasteiger charge is 2.20. The molecule has 0 bridgehead atoms. The van der Waals surface area contributed by atoms with E-state index in [1.54, 1.807) is 0 Å². The van der Waals surface area contributed by atoms with E-state index in [1.807, 2.05) is 11.3 Å². The summed E-state index contributed by atoms with van der Waals surface area (Å²) in [4.78, 5) is 2.38. The van der Waals surface area contributed by atoms with E-state index >= 15 is 0 Å². The second kappa shape index (κ2) is 13.8. The van der Waals surface area contributed by atoms with Crippen LogP contribution >= 0.6 is 11.3 Å². The summed E-state index contributed by atoms with van der Waals surface area (Å²) in [5, 5.41) is 5.10. The van der Waals surface area contributed by atoms with Crippen LogP contribution in [0.1, 0.15) is 0 Å². The molecule has 0 aliphatic carbocycles. The molecule has 0 amide bonds. The second-order valence-corrected chi connectivity index (χ2v) is 15.6. The fourth-order valence-electron chi connectivity index (χ4n) is 8.55. The summed E-state index contributed by atoms with van der Waals surface area (Å²) in [7, 11) is 0. The smallest absolute Gasteiger partial charge is 0.0555 e. The lowest BCUT2D eigenvalue weighted by atomic mass is 9.98. The molecule has 0 atom stereocenters. The Hall–Kier alpha value is -7.20. The summed E-state index contributed by atoms with van der Waals surface area (Å²) in [6, 6.07) is 79.2. The van der Waals surface area contributed by atoms with Crippen LogP contribution in [0.2, 0.25) is 0 Å². The molecule has 0 saturated carbocycles. The third kappa shape index (κ3) is 5.71. The second-order valence-electron chi connectivity index (χ2n) is 14.5. The number of thiophene rings is 1. The summed E-state index contributed by atoms with van der Waals surface area (Å²) in [6.45, 7) is 0. The van der Waals surface area contributed by atoms with Gasteiger partial charge in [-0.2, -0.15) is 0 Å². The van der Waals surface area contributed by atoms with E-state index in [2.05, 4.69) is 228 Å². The molecule has 268 valence electrons. The van der Waals surface area contributed by atoms with Crippen LogP contribution in [0.4, 0.5) is 17.1 Å². The van der Waals surface area contributed by atoms with Crippen molar-refractivity contribution in [3.05, 3.63) is 218 Å². The van der Waals surface area contributed by atoms with Crippen LogP contribution in [-0.4, -0.2) is 4.57 Å². The molecule has 9 aromatic carbocycles. The molecule has 2 heterocycles. The van der Waals surface area contributed by atoms with Gasteiger partial charge in [-0.1, -0.05) is 152 Å². The number of rotatable bonds is 7. The number of aromatic nitrogens is 1. The van der Waals surface area contributed by atoms with Crippen LogP contribution in [0, 0.1) is 0 Å². The topological polar surface area (TPSA) is 8.17 Å². The minimum Gasteiger partial charge on any atom is -0.310 e. The number of hydrogen-bond donors (Lipinski definition) is 0. The van der Waals surface area contributed by atoms with E-state index < -0.39 is 0 Å². The van der Waals surface area contributed by atoms with Gasteiger partial charge in [0.05, 0.1) is 22.4 Å². The van der Waals surface area contributed by atoms with Gasteiger partial charge in [0.1, 0.15) is 0 Å². The fraction of sp³-hybridized carbons (Fsp3) is 0. The van der Waals surface area contributed by atoms with E-state index in [0.717, 1.165) is 17.1 Å². The Morgan fingerprint density at radius 2 is 0.895 bits per heavy atom. The zero-order valence-corrected chi connectivity index (χ0v) is 31.9. The molecule has 0 spiro atoms. The molecule has 3 heteroatoms. The Morgan fingerprint density at radius 3 is 1.67 bits per heavy atom. The first-order valence-corrected chi connectivity index (χ1v) is 20.2. The summed E-state index contributed by atoms with van der Waals surface area (Å²) < 4.78 is 5.09. The van der Waals surface area contributed by atoms with E-state index in [9.17, 15) is 0 Å². The van der Waals surface area contributed by atoms with E-state index in [0.29, 0.717) is 0 Å². The molecule has 0 unspecified atom stereocenters. The zero-order valence-electron chi connectivity index (χ0n) is 31.1. The van der Waals surface area contributed by atoms with Crippen molar-refractivity contribution in [2.75, 3.05) is 4.90 Å². The molecular formula is C54H36N2S. The Labute approximate surface area is 335 Å². The highest BCUT2D eigenvalue weighted by molar-refractivity contribution is 7.25. The van der Waals surface area contributed by atoms with Crippen molar-refractivity contribution in [2.45, 2.75) is 0 Å². The number of benzene rings is 9. The fourth-order valence-corrected chi connectivity index (χ4v) is 9.67. The van der Waals surface area contributed by atoms with Crippen molar-refractivity contribution in [1.82, 2.24) is 4.57 Å². The average Bonchev–Trinajstić information content (AvgIpc) is 3.83. The van der Waals surface area contributed by atoms with Crippen molar-refractivity contribution in [2.24, 2.45) is 0 Å². The largest absolute Gasteiger partial charge is 0.310 e. The quantitative estimate of drug-likeness (QED) is 0.158. The van der Waals surface area contributed by atoms with Crippen LogP contribution in [0.5, 0.6) is 0 Å². The van der Waals surface area contributed by atoms with Gasteiger partial charge in [-0.15, -0.1) is 11.3 Å². The van der Waals surface area contributed by atoms with E-state index in [1.165, 1.54) is 81.0 Å². The lowest BCUT2D eigenvalue weighted by Crippen LogP contribution is -2.11. The van der Waals surface area contributed by atoms with Gasteiger partial charge >= 0.3 is 0 Å². The van der Waals surface area contributed by atoms with Crippen LogP contribution in [-0.2, 0) is 0 Å². The number of hydrogen-bond acceptors (Lipinski definition) is 2. The minimum absolute atomic E-state index is 1.10. The Bertz CT molecular complexity index is 3210. The van der Waals surface area contributed by atoms with Gasteiger partial charge in [-0.05, 0) is 94.5 Å². The molecule has 11 rings (SSSR count). The van der Waals surface area contributed by atoms with Crippen LogP contribution in [0.15, 0.2) is 218 Å². The van der Waals surface area contributed by atoms with Crippen molar-refractivity contribution in [1.29, 1.82) is 0 Å². The number of fused-ring (bicyclic) bond motifs is 6. The van der Waals surface area contributed by atoms with Gasteiger partial charge in [0.15, 0.2) is 0 Å². The molecule has 0 aliphatic heterocycles. The van der Waals surface area contributed by atoms with Gasteiger partial charge in [-0.25, -0.2) is 0 Å². The summed E-state index contributed by atoms with van der Waals surface area (Å²) >= 11 is 1.87. The minimum atomic E-state index is 1.10. The zero-order chi connectivity index (χ0) is 37.7. The van der Waals surface area contributed by atoms with Gasteiger partial charge in [0, 0.05) is 47.9 Å². The summed E-state index contributed by atoms with van der Waals surface area (Å²) in [5.74, 6) is 0. The maximum Gasteiger partial charge on any atom is 0.0555 e. The van der Waals surface area contributed by atoms with Crippen molar-refractivity contribution < 1.29 is 0 Å². The lowest BCUT2D eigenvalue weighted by Gasteiger charge is -2.28. The van der Waals surface area contributed by atoms with Crippen LogP contribution < -0.4 is 4.90 Å². The molecule has 0 N–H and O–H groups in total. The predicted molar refractivity (Wildman–Crippen MR) is 245 cm³/mol. The maximum absolute atomic E-state index is 2.47. The molecule has 2 nitrogen and oxygen atoms in total. The normalized spacial score (nSPS) is 11.5. The SMILES string of the molecule is c1ccc(-c2ccc(-c3ccc(N(c4ccccc4)c4ccccc4-c4ccc5c(c4)c4ccccc4n5-c4cccc5sc6ccccc6c45)cc3)cc2)cc1. The summed E-state index contributed by atoms with van der Waals surface area (Å²) in [6.07, 6.45) is 0. The third-order valence-corrected chi connectivity index (χ3v) is 12.4. The highest BCUT2D eigenvalue weighted by Crippen LogP contribution is 2.44. The Kier molecular flexibility index (Phi) is 8.04.